The second-order valence-electron chi connectivity index (χ2n) is 6.72. The molecule has 3 aliphatic rings. The van der Waals surface area contributed by atoms with Crippen molar-refractivity contribution in [1.29, 1.82) is 0 Å². The summed E-state index contributed by atoms with van der Waals surface area (Å²) in [6.45, 7) is 0.546. The Labute approximate surface area is 144 Å². The summed E-state index contributed by atoms with van der Waals surface area (Å²) in [6, 6.07) is 7.23. The lowest BCUT2D eigenvalue weighted by atomic mass is 9.85. The van der Waals surface area contributed by atoms with Crippen LogP contribution in [-0.4, -0.2) is 53.1 Å². The largest absolute Gasteiger partial charge is 0.449 e. The van der Waals surface area contributed by atoms with Crippen molar-refractivity contribution in [3.63, 3.8) is 0 Å². The molecular formula is C18H18N2O5. The average molecular weight is 342 g/mol. The van der Waals surface area contributed by atoms with E-state index < -0.39 is 5.60 Å². The summed E-state index contributed by atoms with van der Waals surface area (Å²) in [7, 11) is 0. The van der Waals surface area contributed by atoms with Gasteiger partial charge in [0.25, 0.3) is 0 Å². The van der Waals surface area contributed by atoms with E-state index in [0.29, 0.717) is 24.9 Å². The number of piperidine rings is 1. The maximum absolute atomic E-state index is 12.6. The summed E-state index contributed by atoms with van der Waals surface area (Å²) in [4.78, 5) is 50.8. The smallest absolute Gasteiger partial charge is 0.339 e. The Balaban J connectivity index is 1.54. The third-order valence-electron chi connectivity index (χ3n) is 5.18. The van der Waals surface area contributed by atoms with Gasteiger partial charge in [0.05, 0.1) is 12.1 Å². The fourth-order valence-electron chi connectivity index (χ4n) is 3.92. The highest BCUT2D eigenvalue weighted by molar-refractivity contribution is 6.04. The van der Waals surface area contributed by atoms with E-state index in [0.717, 1.165) is 10.5 Å². The second-order valence-corrected chi connectivity index (χ2v) is 6.72. The number of fused-ring (bicyclic) bond motifs is 2. The summed E-state index contributed by atoms with van der Waals surface area (Å²) in [5.41, 5.74) is 0.535. The van der Waals surface area contributed by atoms with E-state index in [1.54, 1.807) is 17.0 Å². The monoisotopic (exact) mass is 342 g/mol. The summed E-state index contributed by atoms with van der Waals surface area (Å²) < 4.78 is 5.67. The van der Waals surface area contributed by atoms with Crippen molar-refractivity contribution in [1.82, 2.24) is 9.80 Å². The van der Waals surface area contributed by atoms with Gasteiger partial charge in [0.2, 0.25) is 17.7 Å². The van der Waals surface area contributed by atoms with Gasteiger partial charge in [-0.15, -0.1) is 0 Å². The summed E-state index contributed by atoms with van der Waals surface area (Å²) in [5.74, 6) is -1.26. The highest BCUT2D eigenvalue weighted by Gasteiger charge is 2.49. The fourth-order valence-corrected chi connectivity index (χ4v) is 3.92. The molecule has 3 amide bonds. The van der Waals surface area contributed by atoms with Crippen LogP contribution in [0.25, 0.3) is 0 Å². The van der Waals surface area contributed by atoms with Crippen molar-refractivity contribution < 1.29 is 23.9 Å². The minimum atomic E-state index is -0.819. The second kappa shape index (κ2) is 5.68. The topological polar surface area (TPSA) is 84.0 Å². The average Bonchev–Trinajstić information content (AvgIpc) is 3.07. The molecule has 0 aromatic heterocycles. The quantitative estimate of drug-likeness (QED) is 0.587. The molecule has 1 atom stereocenters. The number of hydrogen-bond donors (Lipinski definition) is 0. The zero-order chi connectivity index (χ0) is 17.6. The third-order valence-corrected chi connectivity index (χ3v) is 5.18. The molecule has 3 heterocycles. The molecule has 1 aromatic rings. The molecule has 0 aliphatic carbocycles. The molecule has 3 aliphatic heterocycles. The highest BCUT2D eigenvalue weighted by Crippen LogP contribution is 2.42. The number of nitrogens with zero attached hydrogens (tertiary/aromatic N) is 2. The molecule has 7 nitrogen and oxygen atoms in total. The van der Waals surface area contributed by atoms with E-state index in [4.69, 9.17) is 4.74 Å². The number of amides is 3. The number of imide groups is 1. The number of ether oxygens (including phenoxy) is 1. The molecular weight excluding hydrogens is 324 g/mol. The summed E-state index contributed by atoms with van der Waals surface area (Å²) in [6.07, 6.45) is 1.68. The molecule has 1 unspecified atom stereocenters. The van der Waals surface area contributed by atoms with Crippen LogP contribution >= 0.6 is 0 Å². The lowest BCUT2D eigenvalue weighted by molar-refractivity contribution is -0.148. The molecule has 0 radical (unpaired) electrons. The van der Waals surface area contributed by atoms with Gasteiger partial charge in [-0.25, -0.2) is 4.79 Å². The van der Waals surface area contributed by atoms with Crippen molar-refractivity contribution in [3.05, 3.63) is 35.4 Å². The van der Waals surface area contributed by atoms with Crippen LogP contribution in [0.3, 0.4) is 0 Å². The molecule has 2 fully saturated rings. The number of carbonyl (C=O) groups excluding carboxylic acids is 4. The van der Waals surface area contributed by atoms with Gasteiger partial charge < -0.3 is 9.64 Å². The predicted octanol–water partition coefficient (Wildman–Crippen LogP) is 0.824. The Bertz CT molecular complexity index is 773. The molecule has 0 N–H and O–H groups in total. The number of rotatable bonds is 2. The molecule has 25 heavy (non-hydrogen) atoms. The molecule has 0 bridgehead atoms. The first-order valence-corrected chi connectivity index (χ1v) is 8.44. The van der Waals surface area contributed by atoms with Gasteiger partial charge in [-0.2, -0.15) is 0 Å². The lowest BCUT2D eigenvalue weighted by Gasteiger charge is -2.40. The third kappa shape index (κ3) is 2.50. The van der Waals surface area contributed by atoms with E-state index in [1.165, 1.54) is 0 Å². The van der Waals surface area contributed by atoms with E-state index in [2.05, 4.69) is 0 Å². The van der Waals surface area contributed by atoms with E-state index in [9.17, 15) is 19.2 Å². The van der Waals surface area contributed by atoms with E-state index in [-0.39, 0.29) is 49.6 Å². The van der Waals surface area contributed by atoms with Crippen LogP contribution in [0.2, 0.25) is 0 Å². The van der Waals surface area contributed by atoms with Gasteiger partial charge in [0.15, 0.2) is 5.60 Å². The zero-order valence-electron chi connectivity index (χ0n) is 13.7. The fraction of sp³-hybridized carbons (Fsp3) is 0.444. The first-order chi connectivity index (χ1) is 12.0. The van der Waals surface area contributed by atoms with Gasteiger partial charge in [-0.05, 0) is 18.9 Å². The number of hydrogen-bond acceptors (Lipinski definition) is 5. The SMILES string of the molecule is O=C1OC2(CCCN(C(=O)CN3C(=O)CCC3=O)C2)c2ccccc21. The Kier molecular flexibility index (Phi) is 3.59. The van der Waals surface area contributed by atoms with Gasteiger partial charge in [-0.1, -0.05) is 18.2 Å². The van der Waals surface area contributed by atoms with Crippen molar-refractivity contribution in [2.45, 2.75) is 31.3 Å². The van der Waals surface area contributed by atoms with Crippen molar-refractivity contribution in [2.24, 2.45) is 0 Å². The standard InChI is InChI=1S/C18H18N2O5/c21-14-6-7-15(22)20(14)10-16(23)19-9-3-8-18(11-19)13-5-2-1-4-12(13)17(24)25-18/h1-2,4-5H,3,6-11H2. The molecule has 2 saturated heterocycles. The van der Waals surface area contributed by atoms with Crippen LogP contribution in [-0.2, 0) is 24.7 Å². The summed E-state index contributed by atoms with van der Waals surface area (Å²) >= 11 is 0. The predicted molar refractivity (Wildman–Crippen MR) is 85.3 cm³/mol. The van der Waals surface area contributed by atoms with Crippen LogP contribution in [0.1, 0.15) is 41.6 Å². The first kappa shape index (κ1) is 15.8. The van der Waals surface area contributed by atoms with Crippen LogP contribution in [0.5, 0.6) is 0 Å². The lowest BCUT2D eigenvalue weighted by Crippen LogP contribution is -2.51. The van der Waals surface area contributed by atoms with Crippen LogP contribution in [0.15, 0.2) is 24.3 Å². The number of likely N-dealkylation sites (tertiary alicyclic amines) is 2. The highest BCUT2D eigenvalue weighted by atomic mass is 16.6. The van der Waals surface area contributed by atoms with Gasteiger partial charge in [0.1, 0.15) is 6.54 Å². The number of esters is 1. The van der Waals surface area contributed by atoms with Crippen molar-refractivity contribution in [2.75, 3.05) is 19.6 Å². The minimum absolute atomic E-state index is 0.168. The van der Waals surface area contributed by atoms with Crippen LogP contribution in [0.4, 0.5) is 0 Å². The molecule has 0 saturated carbocycles. The van der Waals surface area contributed by atoms with Crippen LogP contribution < -0.4 is 0 Å². The first-order valence-electron chi connectivity index (χ1n) is 8.44. The zero-order valence-corrected chi connectivity index (χ0v) is 13.7. The Morgan fingerprint density at radius 2 is 1.84 bits per heavy atom. The van der Waals surface area contributed by atoms with Crippen molar-refractivity contribution >= 4 is 23.7 Å². The number of benzene rings is 1. The Hall–Kier alpha value is -2.70. The molecule has 1 aromatic carbocycles. The Morgan fingerprint density at radius 3 is 2.60 bits per heavy atom. The van der Waals surface area contributed by atoms with Gasteiger partial charge in [0, 0.05) is 24.9 Å². The van der Waals surface area contributed by atoms with Gasteiger partial charge in [-0.3, -0.25) is 19.3 Å². The van der Waals surface area contributed by atoms with Crippen molar-refractivity contribution in [3.8, 4) is 0 Å². The molecule has 130 valence electrons. The normalized spacial score (nSPS) is 25.5. The number of carbonyl (C=O) groups is 4. The maximum atomic E-state index is 12.6. The molecule has 1 spiro atoms. The molecule has 4 rings (SSSR count). The van der Waals surface area contributed by atoms with E-state index >= 15 is 0 Å². The summed E-state index contributed by atoms with van der Waals surface area (Å²) in [5, 5.41) is 0. The molecule has 7 heteroatoms. The minimum Gasteiger partial charge on any atom is -0.449 e. The van der Waals surface area contributed by atoms with Crippen LogP contribution in [0, 0.1) is 0 Å². The van der Waals surface area contributed by atoms with E-state index in [1.807, 2.05) is 12.1 Å². The maximum Gasteiger partial charge on any atom is 0.339 e. The van der Waals surface area contributed by atoms with Gasteiger partial charge >= 0.3 is 5.97 Å². The Morgan fingerprint density at radius 1 is 1.12 bits per heavy atom.